The highest BCUT2D eigenvalue weighted by atomic mass is 15.1. The predicted molar refractivity (Wildman–Crippen MR) is 76.7 cm³/mol. The number of nitrogens with one attached hydrogen (secondary N) is 1. The number of likely N-dealkylation sites (tertiary alicyclic amines) is 1. The van der Waals surface area contributed by atoms with Gasteiger partial charge >= 0.3 is 0 Å². The van der Waals surface area contributed by atoms with Crippen LogP contribution in [0, 0.1) is 11.8 Å². The van der Waals surface area contributed by atoms with Crippen molar-refractivity contribution >= 4 is 0 Å². The zero-order valence-electron chi connectivity index (χ0n) is 12.0. The maximum atomic E-state index is 3.98. The van der Waals surface area contributed by atoms with E-state index < -0.39 is 0 Å². The van der Waals surface area contributed by atoms with Crippen molar-refractivity contribution in [3.8, 4) is 0 Å². The highest BCUT2D eigenvalue weighted by Crippen LogP contribution is 2.40. The molecule has 0 radical (unpaired) electrons. The van der Waals surface area contributed by atoms with Crippen LogP contribution in [-0.2, 0) is 0 Å². The first-order valence-electron chi connectivity index (χ1n) is 8.26. The van der Waals surface area contributed by atoms with Crippen LogP contribution in [0.15, 0.2) is 0 Å². The van der Waals surface area contributed by atoms with Crippen molar-refractivity contribution < 1.29 is 0 Å². The van der Waals surface area contributed by atoms with E-state index in [0.29, 0.717) is 0 Å². The molecule has 0 aromatic heterocycles. The monoisotopic (exact) mass is 250 g/mol. The maximum Gasteiger partial charge on any atom is 0.0197 e. The third kappa shape index (κ3) is 3.08. The van der Waals surface area contributed by atoms with Crippen molar-refractivity contribution in [2.75, 3.05) is 20.1 Å². The highest BCUT2D eigenvalue weighted by molar-refractivity contribution is 4.89. The first-order valence-corrected chi connectivity index (χ1v) is 8.26. The second kappa shape index (κ2) is 5.92. The van der Waals surface area contributed by atoms with Gasteiger partial charge in [0.05, 0.1) is 0 Å². The highest BCUT2D eigenvalue weighted by Gasteiger charge is 2.33. The standard InChI is InChI=1S/C16H30N2/c1-18-10-4-7-16(12-18)17-15-9-8-13-5-2-3-6-14(13)11-15/h13-17H,2-12H2,1H3. The zero-order chi connectivity index (χ0) is 12.4. The summed E-state index contributed by atoms with van der Waals surface area (Å²) in [6.07, 6.45) is 13.3. The number of nitrogens with zero attached hydrogens (tertiary/aromatic N) is 1. The van der Waals surface area contributed by atoms with Gasteiger partial charge in [-0.3, -0.25) is 0 Å². The van der Waals surface area contributed by atoms with Crippen LogP contribution in [0.3, 0.4) is 0 Å². The average Bonchev–Trinajstić information content (AvgIpc) is 2.39. The average molecular weight is 250 g/mol. The van der Waals surface area contributed by atoms with Crippen LogP contribution in [0.25, 0.3) is 0 Å². The first kappa shape index (κ1) is 12.9. The molecule has 2 saturated carbocycles. The summed E-state index contributed by atoms with van der Waals surface area (Å²) in [5, 5.41) is 3.98. The molecule has 18 heavy (non-hydrogen) atoms. The van der Waals surface area contributed by atoms with Gasteiger partial charge in [0, 0.05) is 18.6 Å². The molecule has 1 saturated heterocycles. The smallest absolute Gasteiger partial charge is 0.0197 e. The number of hydrogen-bond acceptors (Lipinski definition) is 2. The van der Waals surface area contributed by atoms with Gasteiger partial charge in [-0.15, -0.1) is 0 Å². The molecule has 0 spiro atoms. The summed E-state index contributed by atoms with van der Waals surface area (Å²) in [4.78, 5) is 2.49. The molecule has 2 nitrogen and oxygen atoms in total. The lowest BCUT2D eigenvalue weighted by Crippen LogP contribution is -2.50. The Morgan fingerprint density at radius 3 is 2.50 bits per heavy atom. The third-order valence-electron chi connectivity index (χ3n) is 5.64. The minimum atomic E-state index is 0.772. The molecule has 4 unspecified atom stereocenters. The van der Waals surface area contributed by atoms with E-state index in [0.717, 1.165) is 23.9 Å². The Hall–Kier alpha value is -0.0800. The maximum absolute atomic E-state index is 3.98. The van der Waals surface area contributed by atoms with Crippen LogP contribution in [0.2, 0.25) is 0 Å². The van der Waals surface area contributed by atoms with Crippen molar-refractivity contribution in [1.29, 1.82) is 0 Å². The molecule has 2 aliphatic carbocycles. The fraction of sp³-hybridized carbons (Fsp3) is 1.00. The van der Waals surface area contributed by atoms with Crippen LogP contribution in [0.1, 0.15) is 57.8 Å². The summed E-state index contributed by atoms with van der Waals surface area (Å²) in [6.45, 7) is 2.57. The second-order valence-corrected chi connectivity index (χ2v) is 7.08. The van der Waals surface area contributed by atoms with Crippen molar-refractivity contribution in [2.45, 2.75) is 69.9 Å². The Balaban J connectivity index is 1.48. The van der Waals surface area contributed by atoms with E-state index in [2.05, 4.69) is 17.3 Å². The van der Waals surface area contributed by atoms with E-state index in [4.69, 9.17) is 0 Å². The SMILES string of the molecule is CN1CCCC(NC2CCC3CCCCC3C2)C1. The molecular weight excluding hydrogens is 220 g/mol. The molecule has 3 fully saturated rings. The summed E-state index contributed by atoms with van der Waals surface area (Å²) in [5.41, 5.74) is 0. The van der Waals surface area contributed by atoms with Crippen LogP contribution >= 0.6 is 0 Å². The normalized spacial score (nSPS) is 42.5. The minimum absolute atomic E-state index is 0.772. The number of rotatable bonds is 2. The minimum Gasteiger partial charge on any atom is -0.310 e. The van der Waals surface area contributed by atoms with Crippen molar-refractivity contribution in [3.05, 3.63) is 0 Å². The summed E-state index contributed by atoms with van der Waals surface area (Å²) in [6, 6.07) is 1.61. The molecule has 0 amide bonds. The molecule has 0 aromatic carbocycles. The Kier molecular flexibility index (Phi) is 4.25. The van der Waals surface area contributed by atoms with Gasteiger partial charge < -0.3 is 10.2 Å². The topological polar surface area (TPSA) is 15.3 Å². The number of piperidine rings is 1. The molecule has 104 valence electrons. The quantitative estimate of drug-likeness (QED) is 0.810. The van der Waals surface area contributed by atoms with Gasteiger partial charge in [-0.2, -0.15) is 0 Å². The second-order valence-electron chi connectivity index (χ2n) is 7.08. The van der Waals surface area contributed by atoms with E-state index >= 15 is 0 Å². The van der Waals surface area contributed by atoms with E-state index in [1.54, 1.807) is 0 Å². The molecule has 1 heterocycles. The van der Waals surface area contributed by atoms with Crippen molar-refractivity contribution in [2.24, 2.45) is 11.8 Å². The van der Waals surface area contributed by atoms with Gasteiger partial charge in [-0.05, 0) is 57.5 Å². The molecule has 1 aliphatic heterocycles. The van der Waals surface area contributed by atoms with Crippen molar-refractivity contribution in [1.82, 2.24) is 10.2 Å². The number of fused-ring (bicyclic) bond motifs is 1. The Morgan fingerprint density at radius 1 is 0.833 bits per heavy atom. The van der Waals surface area contributed by atoms with Crippen LogP contribution < -0.4 is 5.32 Å². The summed E-state index contributed by atoms with van der Waals surface area (Å²) in [5.74, 6) is 2.15. The fourth-order valence-electron chi connectivity index (χ4n) is 4.66. The van der Waals surface area contributed by atoms with Gasteiger partial charge in [-0.25, -0.2) is 0 Å². The van der Waals surface area contributed by atoms with E-state index in [1.165, 1.54) is 70.9 Å². The van der Waals surface area contributed by atoms with Crippen molar-refractivity contribution in [3.63, 3.8) is 0 Å². The van der Waals surface area contributed by atoms with E-state index in [1.807, 2.05) is 0 Å². The molecule has 3 rings (SSSR count). The molecule has 2 heteroatoms. The Labute approximate surface area is 113 Å². The Bertz CT molecular complexity index is 266. The molecule has 3 aliphatic rings. The summed E-state index contributed by atoms with van der Waals surface area (Å²) >= 11 is 0. The van der Waals surface area contributed by atoms with Gasteiger partial charge in [0.15, 0.2) is 0 Å². The van der Waals surface area contributed by atoms with Crippen LogP contribution in [0.4, 0.5) is 0 Å². The van der Waals surface area contributed by atoms with E-state index in [-0.39, 0.29) is 0 Å². The molecular formula is C16H30N2. The van der Waals surface area contributed by atoms with Crippen LogP contribution in [-0.4, -0.2) is 37.1 Å². The summed E-state index contributed by atoms with van der Waals surface area (Å²) < 4.78 is 0. The van der Waals surface area contributed by atoms with Gasteiger partial charge in [-0.1, -0.05) is 25.7 Å². The molecule has 1 N–H and O–H groups in total. The molecule has 0 aromatic rings. The van der Waals surface area contributed by atoms with E-state index in [9.17, 15) is 0 Å². The lowest BCUT2D eigenvalue weighted by Gasteiger charge is -2.42. The van der Waals surface area contributed by atoms with Gasteiger partial charge in [0.1, 0.15) is 0 Å². The summed E-state index contributed by atoms with van der Waals surface area (Å²) in [7, 11) is 2.27. The van der Waals surface area contributed by atoms with Crippen LogP contribution in [0.5, 0.6) is 0 Å². The predicted octanol–water partition coefficient (Wildman–Crippen LogP) is 3.03. The lowest BCUT2D eigenvalue weighted by atomic mass is 9.69. The number of hydrogen-bond donors (Lipinski definition) is 1. The first-order chi connectivity index (χ1) is 8.81. The Morgan fingerprint density at radius 2 is 1.67 bits per heavy atom. The van der Waals surface area contributed by atoms with Gasteiger partial charge in [0.2, 0.25) is 0 Å². The lowest BCUT2D eigenvalue weighted by molar-refractivity contribution is 0.127. The zero-order valence-corrected chi connectivity index (χ0v) is 12.0. The largest absolute Gasteiger partial charge is 0.310 e. The fourth-order valence-corrected chi connectivity index (χ4v) is 4.66. The molecule has 4 atom stereocenters. The van der Waals surface area contributed by atoms with Gasteiger partial charge in [0.25, 0.3) is 0 Å². The number of likely N-dealkylation sites (N-methyl/N-ethyl adjacent to an activating group) is 1. The third-order valence-corrected chi connectivity index (χ3v) is 5.64. The molecule has 0 bridgehead atoms.